The highest BCUT2D eigenvalue weighted by atomic mass is 16.5. The number of carbonyl (C=O) groups is 1. The Morgan fingerprint density at radius 3 is 2.92 bits per heavy atom. The van der Waals surface area contributed by atoms with Gasteiger partial charge in [-0.15, -0.1) is 0 Å². The zero-order valence-corrected chi connectivity index (χ0v) is 7.70. The number of methoxy groups -OCH3 is 1. The second-order valence-corrected chi connectivity index (χ2v) is 2.56. The summed E-state index contributed by atoms with van der Waals surface area (Å²) in [6.07, 6.45) is 2.26. The monoisotopic (exact) mass is 180 g/mol. The highest BCUT2D eigenvalue weighted by Crippen LogP contribution is 2.15. The lowest BCUT2D eigenvalue weighted by Gasteiger charge is -2.06. The van der Waals surface area contributed by atoms with Crippen molar-refractivity contribution < 1.29 is 9.53 Å². The van der Waals surface area contributed by atoms with Crippen LogP contribution >= 0.6 is 0 Å². The van der Waals surface area contributed by atoms with Crippen molar-refractivity contribution in [3.05, 3.63) is 23.5 Å². The predicted octanol–water partition coefficient (Wildman–Crippen LogP) is 1.01. The maximum absolute atomic E-state index is 11.2. The van der Waals surface area contributed by atoms with E-state index in [4.69, 9.17) is 5.73 Å². The first kappa shape index (κ1) is 9.51. The van der Waals surface area contributed by atoms with E-state index in [9.17, 15) is 4.79 Å². The van der Waals surface area contributed by atoms with Gasteiger partial charge < -0.3 is 10.5 Å². The van der Waals surface area contributed by atoms with Crippen LogP contribution in [0.15, 0.2) is 12.3 Å². The molecule has 0 radical (unpaired) electrons. The van der Waals surface area contributed by atoms with Gasteiger partial charge in [0.2, 0.25) is 0 Å². The van der Waals surface area contributed by atoms with Crippen molar-refractivity contribution >= 4 is 11.7 Å². The summed E-state index contributed by atoms with van der Waals surface area (Å²) in [5.41, 5.74) is 7.23. The molecular weight excluding hydrogens is 168 g/mol. The summed E-state index contributed by atoms with van der Waals surface area (Å²) >= 11 is 0. The van der Waals surface area contributed by atoms with E-state index in [1.54, 1.807) is 12.3 Å². The minimum Gasteiger partial charge on any atom is -0.465 e. The lowest BCUT2D eigenvalue weighted by molar-refractivity contribution is 0.0601. The lowest BCUT2D eigenvalue weighted by Crippen LogP contribution is -2.08. The van der Waals surface area contributed by atoms with E-state index < -0.39 is 5.97 Å². The van der Waals surface area contributed by atoms with Crippen molar-refractivity contribution in [2.45, 2.75) is 13.3 Å². The van der Waals surface area contributed by atoms with Crippen LogP contribution in [0.2, 0.25) is 0 Å². The Morgan fingerprint density at radius 1 is 1.69 bits per heavy atom. The number of aryl methyl sites for hydroxylation is 1. The Kier molecular flexibility index (Phi) is 2.84. The molecule has 0 unspecified atom stereocenters. The molecule has 1 aromatic heterocycles. The van der Waals surface area contributed by atoms with Crippen molar-refractivity contribution in [2.24, 2.45) is 0 Å². The van der Waals surface area contributed by atoms with E-state index in [2.05, 4.69) is 9.72 Å². The molecule has 13 heavy (non-hydrogen) atoms. The molecule has 0 aliphatic rings. The smallest absolute Gasteiger partial charge is 0.340 e. The number of ether oxygens (including phenoxy) is 1. The first-order valence-electron chi connectivity index (χ1n) is 4.02. The number of nitrogen functional groups attached to an aromatic ring is 1. The number of anilines is 1. The quantitative estimate of drug-likeness (QED) is 0.690. The number of rotatable bonds is 2. The number of aromatic nitrogens is 1. The number of carbonyl (C=O) groups excluding carboxylic acids is 1. The molecule has 0 aromatic carbocycles. The van der Waals surface area contributed by atoms with Crippen LogP contribution in [0.1, 0.15) is 23.0 Å². The van der Waals surface area contributed by atoms with Gasteiger partial charge in [0.05, 0.1) is 24.1 Å². The summed E-state index contributed by atoms with van der Waals surface area (Å²) in [4.78, 5) is 15.2. The molecule has 0 saturated heterocycles. The molecule has 1 rings (SSSR count). The van der Waals surface area contributed by atoms with Crippen molar-refractivity contribution in [3.63, 3.8) is 0 Å². The molecule has 0 fully saturated rings. The molecule has 0 aliphatic carbocycles. The Bertz CT molecular complexity index is 323. The number of pyridine rings is 1. The Morgan fingerprint density at radius 2 is 2.38 bits per heavy atom. The molecule has 0 saturated carbocycles. The molecule has 2 N–H and O–H groups in total. The largest absolute Gasteiger partial charge is 0.465 e. The summed E-state index contributed by atoms with van der Waals surface area (Å²) in [5.74, 6) is -0.422. The van der Waals surface area contributed by atoms with Gasteiger partial charge >= 0.3 is 5.97 Å². The van der Waals surface area contributed by atoms with Crippen LogP contribution in [0.3, 0.4) is 0 Å². The van der Waals surface area contributed by atoms with E-state index >= 15 is 0 Å². The fourth-order valence-corrected chi connectivity index (χ4v) is 1.09. The third-order valence-electron chi connectivity index (χ3n) is 1.81. The summed E-state index contributed by atoms with van der Waals surface area (Å²) in [5, 5.41) is 0. The minimum atomic E-state index is -0.422. The van der Waals surface area contributed by atoms with Crippen LogP contribution in [0.5, 0.6) is 0 Å². The molecule has 0 spiro atoms. The van der Waals surface area contributed by atoms with E-state index in [0.29, 0.717) is 17.7 Å². The zero-order chi connectivity index (χ0) is 9.84. The molecule has 1 aromatic rings. The van der Waals surface area contributed by atoms with Crippen LogP contribution in [-0.4, -0.2) is 18.1 Å². The maximum Gasteiger partial charge on any atom is 0.340 e. The van der Waals surface area contributed by atoms with Gasteiger partial charge in [-0.1, -0.05) is 6.92 Å². The molecule has 70 valence electrons. The second kappa shape index (κ2) is 3.89. The number of esters is 1. The second-order valence-electron chi connectivity index (χ2n) is 2.56. The van der Waals surface area contributed by atoms with E-state index in [-0.39, 0.29) is 0 Å². The maximum atomic E-state index is 11.2. The van der Waals surface area contributed by atoms with E-state index in [1.165, 1.54) is 7.11 Å². The van der Waals surface area contributed by atoms with Gasteiger partial charge in [0, 0.05) is 6.20 Å². The molecule has 0 bridgehead atoms. The number of nitrogens with zero attached hydrogens (tertiary/aromatic N) is 1. The van der Waals surface area contributed by atoms with Crippen LogP contribution in [0.25, 0.3) is 0 Å². The normalized spacial score (nSPS) is 9.69. The van der Waals surface area contributed by atoms with Gasteiger partial charge in [0.15, 0.2) is 0 Å². The zero-order valence-electron chi connectivity index (χ0n) is 7.70. The first-order chi connectivity index (χ1) is 6.20. The Balaban J connectivity index is 3.15. The summed E-state index contributed by atoms with van der Waals surface area (Å²) in [6.45, 7) is 1.93. The molecular formula is C9H12N2O2. The van der Waals surface area contributed by atoms with Crippen LogP contribution < -0.4 is 5.73 Å². The average molecular weight is 180 g/mol. The first-order valence-corrected chi connectivity index (χ1v) is 4.02. The van der Waals surface area contributed by atoms with Gasteiger partial charge in [-0.25, -0.2) is 4.79 Å². The molecule has 0 aliphatic heterocycles. The summed E-state index contributed by atoms with van der Waals surface area (Å²) in [7, 11) is 1.33. The van der Waals surface area contributed by atoms with Gasteiger partial charge in [0.25, 0.3) is 0 Å². The standard InChI is InChI=1S/C9H12N2O2/c1-3-7-8(10)6(4-5-11-7)9(12)13-2/h4-5H,3,10H2,1-2H3. The Labute approximate surface area is 76.7 Å². The fraction of sp³-hybridized carbons (Fsp3) is 0.333. The summed E-state index contributed by atoms with van der Waals surface area (Å²) < 4.78 is 4.57. The number of nitrogens with two attached hydrogens (primary N) is 1. The molecule has 0 atom stereocenters. The van der Waals surface area contributed by atoms with Crippen molar-refractivity contribution in [3.8, 4) is 0 Å². The number of hydrogen-bond donors (Lipinski definition) is 1. The third kappa shape index (κ3) is 1.77. The van der Waals surface area contributed by atoms with Gasteiger partial charge in [-0.3, -0.25) is 4.98 Å². The lowest BCUT2D eigenvalue weighted by atomic mass is 10.1. The average Bonchev–Trinajstić information content (AvgIpc) is 2.17. The highest BCUT2D eigenvalue weighted by molar-refractivity contribution is 5.95. The molecule has 1 heterocycles. The van der Waals surface area contributed by atoms with E-state index in [0.717, 1.165) is 5.69 Å². The predicted molar refractivity (Wildman–Crippen MR) is 49.4 cm³/mol. The highest BCUT2D eigenvalue weighted by Gasteiger charge is 2.12. The van der Waals surface area contributed by atoms with Crippen molar-refractivity contribution in [1.29, 1.82) is 0 Å². The number of hydrogen-bond acceptors (Lipinski definition) is 4. The molecule has 4 nitrogen and oxygen atoms in total. The SMILES string of the molecule is CCc1nccc(C(=O)OC)c1N. The fourth-order valence-electron chi connectivity index (χ4n) is 1.09. The van der Waals surface area contributed by atoms with Gasteiger partial charge in [-0.05, 0) is 12.5 Å². The van der Waals surface area contributed by atoms with Crippen LogP contribution in [-0.2, 0) is 11.2 Å². The van der Waals surface area contributed by atoms with Crippen molar-refractivity contribution in [2.75, 3.05) is 12.8 Å². The van der Waals surface area contributed by atoms with Crippen molar-refractivity contribution in [1.82, 2.24) is 4.98 Å². The van der Waals surface area contributed by atoms with E-state index in [1.807, 2.05) is 6.92 Å². The topological polar surface area (TPSA) is 65.2 Å². The van der Waals surface area contributed by atoms with Gasteiger partial charge in [0.1, 0.15) is 0 Å². The van der Waals surface area contributed by atoms with Gasteiger partial charge in [-0.2, -0.15) is 0 Å². The van der Waals surface area contributed by atoms with Crippen LogP contribution in [0, 0.1) is 0 Å². The summed E-state index contributed by atoms with van der Waals surface area (Å²) in [6, 6.07) is 1.56. The minimum absolute atomic E-state index is 0.384. The molecule has 4 heteroatoms. The Hall–Kier alpha value is -1.58. The molecule has 0 amide bonds. The third-order valence-corrected chi connectivity index (χ3v) is 1.81. The van der Waals surface area contributed by atoms with Crippen LogP contribution in [0.4, 0.5) is 5.69 Å².